The van der Waals surface area contributed by atoms with Crippen molar-refractivity contribution in [1.29, 1.82) is 0 Å². The number of hydrogen-bond donors (Lipinski definition) is 0. The molecule has 1 rings (SSSR count). The fourth-order valence-corrected chi connectivity index (χ4v) is 1.80. The molecule has 104 valence electrons. The van der Waals surface area contributed by atoms with Gasteiger partial charge in [0.15, 0.2) is 18.5 Å². The Morgan fingerprint density at radius 3 is 2.00 bits per heavy atom. The molecule has 0 bridgehead atoms. The van der Waals surface area contributed by atoms with E-state index in [9.17, 15) is 9.59 Å². The Labute approximate surface area is 105 Å². The van der Waals surface area contributed by atoms with Gasteiger partial charge in [-0.2, -0.15) is 0 Å². The van der Waals surface area contributed by atoms with Crippen LogP contribution in [-0.4, -0.2) is 57.4 Å². The normalized spacial score (nSPS) is 31.8. The van der Waals surface area contributed by atoms with Gasteiger partial charge in [0.1, 0.15) is 6.10 Å². The molecule has 7 heteroatoms. The quantitative estimate of drug-likeness (QED) is 0.653. The fourth-order valence-electron chi connectivity index (χ4n) is 1.80. The molecule has 7 nitrogen and oxygen atoms in total. The lowest BCUT2D eigenvalue weighted by Gasteiger charge is -2.39. The van der Waals surface area contributed by atoms with Gasteiger partial charge in [0.2, 0.25) is 0 Å². The first kappa shape index (κ1) is 14.9. The van der Waals surface area contributed by atoms with E-state index in [-0.39, 0.29) is 6.61 Å². The maximum absolute atomic E-state index is 11.1. The fraction of sp³-hybridized carbons (Fsp3) is 0.818. The van der Waals surface area contributed by atoms with E-state index in [1.165, 1.54) is 28.1 Å². The van der Waals surface area contributed by atoms with Crippen molar-refractivity contribution >= 4 is 11.9 Å². The van der Waals surface area contributed by atoms with Crippen LogP contribution < -0.4 is 0 Å². The third-order valence-corrected chi connectivity index (χ3v) is 2.52. The first-order valence-electron chi connectivity index (χ1n) is 5.51. The Hall–Kier alpha value is -1.18. The summed E-state index contributed by atoms with van der Waals surface area (Å²) in [6.45, 7) is 2.72. The Balaban J connectivity index is 2.88. The lowest BCUT2D eigenvalue weighted by molar-refractivity contribution is -0.274. The van der Waals surface area contributed by atoms with Gasteiger partial charge in [-0.25, -0.2) is 0 Å². The van der Waals surface area contributed by atoms with Crippen LogP contribution in [-0.2, 0) is 33.3 Å². The van der Waals surface area contributed by atoms with Crippen molar-refractivity contribution in [2.45, 2.75) is 38.4 Å². The molecule has 1 aliphatic rings. The molecule has 1 heterocycles. The topological polar surface area (TPSA) is 80.3 Å². The minimum atomic E-state index is -0.852. The first-order chi connectivity index (χ1) is 8.49. The number of methoxy groups -OCH3 is 2. The van der Waals surface area contributed by atoms with E-state index < -0.39 is 36.5 Å². The van der Waals surface area contributed by atoms with Gasteiger partial charge < -0.3 is 23.7 Å². The number of hydrogen-bond acceptors (Lipinski definition) is 7. The molecule has 0 radical (unpaired) electrons. The molecule has 1 saturated heterocycles. The summed E-state index contributed by atoms with van der Waals surface area (Å²) >= 11 is 0. The highest BCUT2D eigenvalue weighted by molar-refractivity contribution is 5.67. The van der Waals surface area contributed by atoms with Gasteiger partial charge in [-0.3, -0.25) is 9.59 Å². The largest absolute Gasteiger partial charge is 0.455 e. The predicted molar refractivity (Wildman–Crippen MR) is 58.7 cm³/mol. The smallest absolute Gasteiger partial charge is 0.303 e. The van der Waals surface area contributed by atoms with Crippen LogP contribution in [0.4, 0.5) is 0 Å². The van der Waals surface area contributed by atoms with E-state index in [0.717, 1.165) is 0 Å². The van der Waals surface area contributed by atoms with Crippen molar-refractivity contribution in [3.8, 4) is 0 Å². The molecule has 4 atom stereocenters. The van der Waals surface area contributed by atoms with Crippen LogP contribution >= 0.6 is 0 Å². The van der Waals surface area contributed by atoms with Crippen LogP contribution in [0.25, 0.3) is 0 Å². The van der Waals surface area contributed by atoms with E-state index in [1.807, 2.05) is 0 Å². The van der Waals surface area contributed by atoms with Crippen LogP contribution in [0.1, 0.15) is 13.8 Å². The predicted octanol–water partition coefficient (Wildman–Crippen LogP) is -0.133. The van der Waals surface area contributed by atoms with Gasteiger partial charge in [0, 0.05) is 28.1 Å². The molecule has 1 fully saturated rings. The van der Waals surface area contributed by atoms with Crippen molar-refractivity contribution in [3.05, 3.63) is 0 Å². The van der Waals surface area contributed by atoms with E-state index >= 15 is 0 Å². The van der Waals surface area contributed by atoms with Crippen LogP contribution in [0.3, 0.4) is 0 Å². The standard InChI is InChI=1S/C11H18O7/c1-6(12)17-9-8(14-3)5-16-11(15-4)10(9)18-7(2)13/h8-11H,5H2,1-4H3. The molecule has 4 unspecified atom stereocenters. The SMILES string of the molecule is COC1COC(OC)C(OC(C)=O)C1OC(C)=O. The summed E-state index contributed by atoms with van der Waals surface area (Å²) in [5, 5.41) is 0. The molecule has 0 saturated carbocycles. The highest BCUT2D eigenvalue weighted by Gasteiger charge is 2.45. The number of carbonyl (C=O) groups excluding carboxylic acids is 2. The monoisotopic (exact) mass is 262 g/mol. The Morgan fingerprint density at radius 2 is 1.56 bits per heavy atom. The molecule has 0 aromatic rings. The second kappa shape index (κ2) is 6.67. The van der Waals surface area contributed by atoms with Crippen LogP contribution in [0.5, 0.6) is 0 Å². The number of carbonyl (C=O) groups is 2. The molecule has 0 N–H and O–H groups in total. The van der Waals surface area contributed by atoms with Gasteiger partial charge in [-0.1, -0.05) is 0 Å². The van der Waals surface area contributed by atoms with Crippen molar-refractivity contribution < 1.29 is 33.3 Å². The van der Waals surface area contributed by atoms with E-state index in [4.69, 9.17) is 23.7 Å². The molecular formula is C11H18O7. The molecule has 1 aliphatic heterocycles. The first-order valence-corrected chi connectivity index (χ1v) is 5.51. The molecule has 18 heavy (non-hydrogen) atoms. The maximum Gasteiger partial charge on any atom is 0.303 e. The third kappa shape index (κ3) is 3.66. The Kier molecular flexibility index (Phi) is 5.52. The number of rotatable bonds is 4. The Morgan fingerprint density at radius 1 is 1.00 bits per heavy atom. The van der Waals surface area contributed by atoms with Gasteiger partial charge in [0.25, 0.3) is 0 Å². The second-order valence-corrected chi connectivity index (χ2v) is 3.86. The molecule has 0 aromatic carbocycles. The van der Waals surface area contributed by atoms with Crippen molar-refractivity contribution in [1.82, 2.24) is 0 Å². The summed E-state index contributed by atoms with van der Waals surface area (Å²) < 4.78 is 25.8. The zero-order valence-electron chi connectivity index (χ0n) is 10.9. The third-order valence-electron chi connectivity index (χ3n) is 2.52. The summed E-state index contributed by atoms with van der Waals surface area (Å²) in [6.07, 6.45) is -2.90. The van der Waals surface area contributed by atoms with Crippen molar-refractivity contribution in [3.63, 3.8) is 0 Å². The molecular weight excluding hydrogens is 244 g/mol. The van der Waals surface area contributed by atoms with Crippen molar-refractivity contribution in [2.75, 3.05) is 20.8 Å². The van der Waals surface area contributed by atoms with Crippen LogP contribution in [0.2, 0.25) is 0 Å². The van der Waals surface area contributed by atoms with Gasteiger partial charge in [0.05, 0.1) is 6.61 Å². The van der Waals surface area contributed by atoms with Crippen LogP contribution in [0, 0.1) is 0 Å². The molecule has 0 aromatic heterocycles. The van der Waals surface area contributed by atoms with E-state index in [2.05, 4.69) is 0 Å². The van der Waals surface area contributed by atoms with Gasteiger partial charge in [-0.15, -0.1) is 0 Å². The van der Waals surface area contributed by atoms with Gasteiger partial charge in [-0.05, 0) is 0 Å². The highest BCUT2D eigenvalue weighted by Crippen LogP contribution is 2.24. The van der Waals surface area contributed by atoms with Crippen LogP contribution in [0.15, 0.2) is 0 Å². The Bertz CT molecular complexity index is 274. The highest BCUT2D eigenvalue weighted by atomic mass is 16.7. The van der Waals surface area contributed by atoms with Gasteiger partial charge >= 0.3 is 11.9 Å². The average Bonchev–Trinajstić information content (AvgIpc) is 2.29. The maximum atomic E-state index is 11.1. The summed E-state index contributed by atoms with van der Waals surface area (Å²) in [4.78, 5) is 22.2. The summed E-state index contributed by atoms with van der Waals surface area (Å²) in [6, 6.07) is 0. The zero-order chi connectivity index (χ0) is 13.7. The average molecular weight is 262 g/mol. The summed E-state index contributed by atoms with van der Waals surface area (Å²) in [5.74, 6) is -1.00. The second-order valence-electron chi connectivity index (χ2n) is 3.86. The summed E-state index contributed by atoms with van der Waals surface area (Å²) in [5.41, 5.74) is 0. The zero-order valence-corrected chi connectivity index (χ0v) is 10.9. The van der Waals surface area contributed by atoms with Crippen molar-refractivity contribution in [2.24, 2.45) is 0 Å². The number of ether oxygens (including phenoxy) is 5. The number of esters is 2. The van der Waals surface area contributed by atoms with E-state index in [1.54, 1.807) is 0 Å². The summed E-state index contributed by atoms with van der Waals surface area (Å²) in [7, 11) is 2.88. The van der Waals surface area contributed by atoms with E-state index in [0.29, 0.717) is 0 Å². The lowest BCUT2D eigenvalue weighted by atomic mass is 10.0. The minimum absolute atomic E-state index is 0.185. The molecule has 0 spiro atoms. The molecule has 0 aliphatic carbocycles. The lowest BCUT2D eigenvalue weighted by Crippen LogP contribution is -2.57. The minimum Gasteiger partial charge on any atom is -0.455 e. The molecule has 0 amide bonds.